The third-order valence-corrected chi connectivity index (χ3v) is 4.29. The van der Waals surface area contributed by atoms with Crippen molar-refractivity contribution in [2.45, 2.75) is 12.6 Å². The Hall–Kier alpha value is -2.18. The van der Waals surface area contributed by atoms with E-state index in [-0.39, 0.29) is 12.0 Å². The van der Waals surface area contributed by atoms with Crippen LogP contribution in [0.1, 0.15) is 5.56 Å². The van der Waals surface area contributed by atoms with Crippen LogP contribution in [0.5, 0.6) is 11.5 Å². The Kier molecular flexibility index (Phi) is 5.50. The number of fused-ring (bicyclic) bond motifs is 1. The zero-order valence-electron chi connectivity index (χ0n) is 14.1. The predicted octanol–water partition coefficient (Wildman–Crippen LogP) is 2.83. The third kappa shape index (κ3) is 3.75. The quantitative estimate of drug-likeness (QED) is 0.727. The van der Waals surface area contributed by atoms with Crippen molar-refractivity contribution >= 4 is 11.6 Å². The molecule has 1 aromatic rings. The maximum absolute atomic E-state index is 14.5. The molecule has 0 radical (unpaired) electrons. The summed E-state index contributed by atoms with van der Waals surface area (Å²) in [7, 11) is 3.10. The molecule has 0 amide bonds. The molecule has 0 saturated carbocycles. The highest BCUT2D eigenvalue weighted by atomic mass is 35.5. The summed E-state index contributed by atoms with van der Waals surface area (Å²) in [5, 5.41) is 6.96. The van der Waals surface area contributed by atoms with Gasteiger partial charge in [-0.3, -0.25) is 0 Å². The highest BCUT2D eigenvalue weighted by molar-refractivity contribution is 6.31. The van der Waals surface area contributed by atoms with Gasteiger partial charge in [-0.1, -0.05) is 11.6 Å². The Balaban J connectivity index is 1.87. The molecule has 0 aliphatic carbocycles. The van der Waals surface area contributed by atoms with Gasteiger partial charge in [-0.15, -0.1) is 0 Å². The van der Waals surface area contributed by atoms with E-state index in [4.69, 9.17) is 25.8 Å². The summed E-state index contributed by atoms with van der Waals surface area (Å²) in [6, 6.07) is 2.96. The van der Waals surface area contributed by atoms with Crippen molar-refractivity contribution in [2.24, 2.45) is 0 Å². The zero-order chi connectivity index (χ0) is 17.8. The van der Waals surface area contributed by atoms with Crippen molar-refractivity contribution in [3.05, 3.63) is 58.2 Å². The first-order valence-electron chi connectivity index (χ1n) is 7.90. The smallest absolute Gasteiger partial charge is 0.167 e. The van der Waals surface area contributed by atoms with E-state index in [2.05, 4.69) is 10.6 Å². The number of methoxy groups -OCH3 is 2. The fourth-order valence-corrected chi connectivity index (χ4v) is 3.05. The number of hydrogen-bond acceptors (Lipinski definition) is 5. The minimum absolute atomic E-state index is 0.0484. The van der Waals surface area contributed by atoms with E-state index in [1.54, 1.807) is 19.4 Å². The lowest BCUT2D eigenvalue weighted by Crippen LogP contribution is -2.36. The molecule has 2 heterocycles. The predicted molar refractivity (Wildman–Crippen MR) is 94.2 cm³/mol. The van der Waals surface area contributed by atoms with E-state index in [9.17, 15) is 4.39 Å². The summed E-state index contributed by atoms with van der Waals surface area (Å²) in [5.41, 5.74) is 2.37. The first-order valence-corrected chi connectivity index (χ1v) is 8.27. The van der Waals surface area contributed by atoms with Crippen LogP contribution in [-0.2, 0) is 11.2 Å². The lowest BCUT2D eigenvalue weighted by Gasteiger charge is -2.20. The average molecular weight is 367 g/mol. The first kappa shape index (κ1) is 17.6. The maximum atomic E-state index is 14.5. The standard InChI is InChI=1S/C18H20ClFN2O3/c1-23-5-6-25-16-4-3-15(20)14(17(16)24-2)7-11-9-21-18-13(11)8-12(19)10-22-18/h3-4,8-10,18,21-22H,5-7H2,1-2H3. The molecule has 0 spiro atoms. The van der Waals surface area contributed by atoms with Crippen LogP contribution >= 0.6 is 11.6 Å². The van der Waals surface area contributed by atoms with Crippen molar-refractivity contribution in [3.8, 4) is 11.5 Å². The van der Waals surface area contributed by atoms with Gasteiger partial charge in [0.2, 0.25) is 0 Å². The Morgan fingerprint density at radius 3 is 2.72 bits per heavy atom. The first-order chi connectivity index (χ1) is 12.1. The van der Waals surface area contributed by atoms with Gasteiger partial charge in [-0.25, -0.2) is 4.39 Å². The minimum Gasteiger partial charge on any atom is -0.492 e. The fraction of sp³-hybridized carbons (Fsp3) is 0.333. The van der Waals surface area contributed by atoms with Gasteiger partial charge in [0.25, 0.3) is 0 Å². The number of dihydropyridines is 1. The molecular weight excluding hydrogens is 347 g/mol. The summed E-state index contributed by atoms with van der Waals surface area (Å²) < 4.78 is 30.5. The molecule has 2 N–H and O–H groups in total. The molecule has 7 heteroatoms. The van der Waals surface area contributed by atoms with E-state index in [0.717, 1.165) is 11.1 Å². The summed E-state index contributed by atoms with van der Waals surface area (Å²) in [6.07, 6.45) is 5.78. The molecule has 2 aliphatic heterocycles. The van der Waals surface area contributed by atoms with Gasteiger partial charge in [0.05, 0.1) is 18.7 Å². The molecular formula is C18H20ClFN2O3. The van der Waals surface area contributed by atoms with Crippen LogP contribution in [0.15, 0.2) is 46.8 Å². The molecule has 3 rings (SSSR count). The molecule has 1 atom stereocenters. The molecule has 0 bridgehead atoms. The van der Waals surface area contributed by atoms with E-state index in [1.807, 2.05) is 12.3 Å². The maximum Gasteiger partial charge on any atom is 0.167 e. The van der Waals surface area contributed by atoms with Gasteiger partial charge < -0.3 is 24.8 Å². The lowest BCUT2D eigenvalue weighted by atomic mass is 9.96. The van der Waals surface area contributed by atoms with Crippen LogP contribution < -0.4 is 20.1 Å². The van der Waals surface area contributed by atoms with Crippen LogP contribution in [-0.4, -0.2) is 33.6 Å². The van der Waals surface area contributed by atoms with Gasteiger partial charge in [0.15, 0.2) is 11.5 Å². The van der Waals surface area contributed by atoms with E-state index < -0.39 is 0 Å². The van der Waals surface area contributed by atoms with Gasteiger partial charge in [-0.2, -0.15) is 0 Å². The molecule has 1 unspecified atom stereocenters. The number of allylic oxidation sites excluding steroid dienone is 2. The van der Waals surface area contributed by atoms with Crippen molar-refractivity contribution in [3.63, 3.8) is 0 Å². The molecule has 1 aromatic carbocycles. The fourth-order valence-electron chi connectivity index (χ4n) is 2.87. The highest BCUT2D eigenvalue weighted by Gasteiger charge is 2.27. The molecule has 5 nitrogen and oxygen atoms in total. The van der Waals surface area contributed by atoms with Gasteiger partial charge in [0.1, 0.15) is 18.6 Å². The second-order valence-corrected chi connectivity index (χ2v) is 6.08. The van der Waals surface area contributed by atoms with Crippen molar-refractivity contribution < 1.29 is 18.6 Å². The number of benzene rings is 1. The average Bonchev–Trinajstić information content (AvgIpc) is 3.00. The SMILES string of the molecule is COCCOc1ccc(F)c(CC2=CNC3NC=C(Cl)C=C23)c1OC. The second-order valence-electron chi connectivity index (χ2n) is 5.64. The van der Waals surface area contributed by atoms with Crippen LogP contribution in [0.3, 0.4) is 0 Å². The van der Waals surface area contributed by atoms with Crippen molar-refractivity contribution in [1.29, 1.82) is 0 Å². The number of halogens is 2. The van der Waals surface area contributed by atoms with Crippen LogP contribution in [0.25, 0.3) is 0 Å². The normalized spacial score (nSPS) is 18.4. The van der Waals surface area contributed by atoms with Crippen LogP contribution in [0.2, 0.25) is 0 Å². The zero-order valence-corrected chi connectivity index (χ0v) is 14.8. The Labute approximate surface area is 151 Å². The Morgan fingerprint density at radius 2 is 1.96 bits per heavy atom. The van der Waals surface area contributed by atoms with Gasteiger partial charge in [0, 0.05) is 37.1 Å². The number of hydrogen-bond donors (Lipinski definition) is 2. The molecule has 25 heavy (non-hydrogen) atoms. The molecule has 0 saturated heterocycles. The van der Waals surface area contributed by atoms with Gasteiger partial charge >= 0.3 is 0 Å². The highest BCUT2D eigenvalue weighted by Crippen LogP contribution is 2.37. The van der Waals surface area contributed by atoms with E-state index in [0.29, 0.717) is 41.7 Å². The summed E-state index contributed by atoms with van der Waals surface area (Å²) in [4.78, 5) is 0. The van der Waals surface area contributed by atoms with Crippen molar-refractivity contribution in [1.82, 2.24) is 10.6 Å². The van der Waals surface area contributed by atoms with E-state index >= 15 is 0 Å². The third-order valence-electron chi connectivity index (χ3n) is 4.07. The molecule has 2 aliphatic rings. The second kappa shape index (κ2) is 7.80. The Bertz CT molecular complexity index is 746. The monoisotopic (exact) mass is 366 g/mol. The van der Waals surface area contributed by atoms with Crippen molar-refractivity contribution in [2.75, 3.05) is 27.4 Å². The van der Waals surface area contributed by atoms with Gasteiger partial charge in [-0.05, 0) is 23.8 Å². The minimum atomic E-state index is -0.341. The number of nitrogens with one attached hydrogen (secondary N) is 2. The largest absolute Gasteiger partial charge is 0.492 e. The Morgan fingerprint density at radius 1 is 1.16 bits per heavy atom. The van der Waals surface area contributed by atoms with E-state index in [1.165, 1.54) is 13.2 Å². The molecule has 0 fully saturated rings. The summed E-state index contributed by atoms with van der Waals surface area (Å²) >= 11 is 6.07. The molecule has 0 aromatic heterocycles. The van der Waals surface area contributed by atoms with Crippen LogP contribution in [0, 0.1) is 5.82 Å². The topological polar surface area (TPSA) is 51.8 Å². The number of rotatable bonds is 7. The van der Waals surface area contributed by atoms with Crippen LogP contribution in [0.4, 0.5) is 4.39 Å². The number of ether oxygens (including phenoxy) is 3. The summed E-state index contributed by atoms with van der Waals surface area (Å²) in [5.74, 6) is 0.547. The lowest BCUT2D eigenvalue weighted by molar-refractivity contribution is 0.144. The molecule has 134 valence electrons. The summed E-state index contributed by atoms with van der Waals surface area (Å²) in [6.45, 7) is 0.801.